The topological polar surface area (TPSA) is 61.4 Å². The van der Waals surface area contributed by atoms with E-state index in [4.69, 9.17) is 11.6 Å². The first-order chi connectivity index (χ1) is 12.9. The highest BCUT2D eigenvalue weighted by Crippen LogP contribution is 2.20. The molecule has 0 aliphatic rings. The molecule has 0 bridgehead atoms. The summed E-state index contributed by atoms with van der Waals surface area (Å²) in [6.45, 7) is 4.28. The summed E-state index contributed by atoms with van der Waals surface area (Å²) in [6.07, 6.45) is 0.988. The SMILES string of the molecule is CCc1ccc(C(C)NC(=O)CN(C)CC(=O)Nc2ccccc2Cl)cc1. The molecule has 0 saturated heterocycles. The number of benzene rings is 2. The molecule has 6 heteroatoms. The third kappa shape index (κ3) is 6.70. The lowest BCUT2D eigenvalue weighted by molar-refractivity contribution is -0.123. The highest BCUT2D eigenvalue weighted by molar-refractivity contribution is 6.33. The summed E-state index contributed by atoms with van der Waals surface area (Å²) in [4.78, 5) is 26.0. The molecule has 0 spiro atoms. The zero-order valence-electron chi connectivity index (χ0n) is 16.0. The standard InChI is InChI=1S/C21H26ClN3O2/c1-4-16-9-11-17(12-10-16)15(2)23-20(26)13-25(3)14-21(27)24-19-8-6-5-7-18(19)22/h5-12,15H,4,13-14H2,1-3H3,(H,23,26)(H,24,27). The number of nitrogens with zero attached hydrogens (tertiary/aromatic N) is 1. The number of nitrogens with one attached hydrogen (secondary N) is 2. The number of aryl methyl sites for hydroxylation is 1. The van der Waals surface area contributed by atoms with Gasteiger partial charge in [0.2, 0.25) is 11.8 Å². The molecule has 2 aromatic carbocycles. The smallest absolute Gasteiger partial charge is 0.238 e. The van der Waals surface area contributed by atoms with Crippen LogP contribution in [-0.2, 0) is 16.0 Å². The van der Waals surface area contributed by atoms with Gasteiger partial charge in [0.1, 0.15) is 0 Å². The van der Waals surface area contributed by atoms with Gasteiger partial charge in [0.15, 0.2) is 0 Å². The molecule has 0 fully saturated rings. The van der Waals surface area contributed by atoms with E-state index in [-0.39, 0.29) is 30.9 Å². The minimum atomic E-state index is -0.221. The molecule has 2 amide bonds. The number of likely N-dealkylation sites (N-methyl/N-ethyl adjacent to an activating group) is 1. The molecule has 2 aromatic rings. The Kier molecular flexibility index (Phi) is 7.82. The largest absolute Gasteiger partial charge is 0.348 e. The van der Waals surface area contributed by atoms with E-state index in [9.17, 15) is 9.59 Å². The van der Waals surface area contributed by atoms with Crippen molar-refractivity contribution in [3.8, 4) is 0 Å². The highest BCUT2D eigenvalue weighted by Gasteiger charge is 2.14. The van der Waals surface area contributed by atoms with Gasteiger partial charge in [-0.1, -0.05) is 54.9 Å². The second kappa shape index (κ2) is 10.1. The Morgan fingerprint density at radius 2 is 1.67 bits per heavy atom. The van der Waals surface area contributed by atoms with Gasteiger partial charge in [0, 0.05) is 0 Å². The first kappa shape index (κ1) is 20.9. The van der Waals surface area contributed by atoms with Crippen LogP contribution in [0.15, 0.2) is 48.5 Å². The normalized spacial score (nSPS) is 11.9. The maximum Gasteiger partial charge on any atom is 0.238 e. The van der Waals surface area contributed by atoms with Gasteiger partial charge >= 0.3 is 0 Å². The van der Waals surface area contributed by atoms with Gasteiger partial charge in [0.05, 0.1) is 29.8 Å². The van der Waals surface area contributed by atoms with Crippen molar-refractivity contribution in [2.45, 2.75) is 26.3 Å². The predicted octanol–water partition coefficient (Wildman–Crippen LogP) is 3.65. The summed E-state index contributed by atoms with van der Waals surface area (Å²) in [7, 11) is 1.73. The molecule has 144 valence electrons. The van der Waals surface area contributed by atoms with Crippen molar-refractivity contribution in [3.63, 3.8) is 0 Å². The number of carbonyl (C=O) groups excluding carboxylic acids is 2. The van der Waals surface area contributed by atoms with Crippen LogP contribution in [-0.4, -0.2) is 36.9 Å². The van der Waals surface area contributed by atoms with E-state index in [0.29, 0.717) is 10.7 Å². The van der Waals surface area contributed by atoms with Crippen molar-refractivity contribution in [1.82, 2.24) is 10.2 Å². The summed E-state index contributed by atoms with van der Waals surface area (Å²) in [5.41, 5.74) is 2.88. The number of hydrogen-bond acceptors (Lipinski definition) is 3. The van der Waals surface area contributed by atoms with Crippen LogP contribution in [0, 0.1) is 0 Å². The van der Waals surface area contributed by atoms with E-state index < -0.39 is 0 Å². The first-order valence-electron chi connectivity index (χ1n) is 9.00. The lowest BCUT2D eigenvalue weighted by Crippen LogP contribution is -2.39. The van der Waals surface area contributed by atoms with Crippen molar-refractivity contribution in [3.05, 3.63) is 64.7 Å². The molecule has 0 heterocycles. The van der Waals surface area contributed by atoms with E-state index in [2.05, 4.69) is 29.7 Å². The van der Waals surface area contributed by atoms with Crippen molar-refractivity contribution >= 4 is 29.1 Å². The lowest BCUT2D eigenvalue weighted by Gasteiger charge is -2.19. The fraction of sp³-hybridized carbons (Fsp3) is 0.333. The van der Waals surface area contributed by atoms with Crippen LogP contribution in [0.25, 0.3) is 0 Å². The molecule has 27 heavy (non-hydrogen) atoms. The molecule has 2 rings (SSSR count). The Morgan fingerprint density at radius 3 is 2.30 bits per heavy atom. The fourth-order valence-electron chi connectivity index (χ4n) is 2.71. The zero-order valence-corrected chi connectivity index (χ0v) is 16.7. The zero-order chi connectivity index (χ0) is 19.8. The summed E-state index contributed by atoms with van der Waals surface area (Å²) in [6, 6.07) is 15.2. The molecule has 1 atom stereocenters. The van der Waals surface area contributed by atoms with Gasteiger partial charge in [-0.3, -0.25) is 14.5 Å². The maximum absolute atomic E-state index is 12.2. The number of anilines is 1. The van der Waals surface area contributed by atoms with Crippen LogP contribution >= 0.6 is 11.6 Å². The van der Waals surface area contributed by atoms with Crippen molar-refractivity contribution < 1.29 is 9.59 Å². The Hall–Kier alpha value is -2.37. The van der Waals surface area contributed by atoms with Crippen LogP contribution in [0.1, 0.15) is 31.0 Å². The highest BCUT2D eigenvalue weighted by atomic mass is 35.5. The number of para-hydroxylation sites is 1. The number of amides is 2. The fourth-order valence-corrected chi connectivity index (χ4v) is 2.89. The number of hydrogen-bond donors (Lipinski definition) is 2. The molecule has 1 unspecified atom stereocenters. The molecule has 2 N–H and O–H groups in total. The molecule has 5 nitrogen and oxygen atoms in total. The Balaban J connectivity index is 1.80. The Bertz CT molecular complexity index is 777. The average Bonchev–Trinajstić information content (AvgIpc) is 2.63. The summed E-state index contributed by atoms with van der Waals surface area (Å²) < 4.78 is 0. The predicted molar refractivity (Wildman–Crippen MR) is 110 cm³/mol. The molecule has 0 radical (unpaired) electrons. The van der Waals surface area contributed by atoms with Crippen LogP contribution in [0.2, 0.25) is 5.02 Å². The number of rotatable bonds is 8. The second-order valence-corrected chi connectivity index (χ2v) is 6.99. The van der Waals surface area contributed by atoms with Gasteiger partial charge in [-0.2, -0.15) is 0 Å². The molecule has 0 aliphatic heterocycles. The Labute approximate surface area is 165 Å². The van der Waals surface area contributed by atoms with Gasteiger partial charge in [-0.15, -0.1) is 0 Å². The third-order valence-corrected chi connectivity index (χ3v) is 4.57. The minimum absolute atomic E-state index is 0.0891. The van der Waals surface area contributed by atoms with Gasteiger partial charge in [-0.25, -0.2) is 0 Å². The summed E-state index contributed by atoms with van der Waals surface area (Å²) in [5, 5.41) is 6.19. The molecular weight excluding hydrogens is 362 g/mol. The van der Waals surface area contributed by atoms with E-state index in [1.807, 2.05) is 19.1 Å². The van der Waals surface area contributed by atoms with Crippen molar-refractivity contribution in [1.29, 1.82) is 0 Å². The number of carbonyl (C=O) groups is 2. The summed E-state index contributed by atoms with van der Waals surface area (Å²) >= 11 is 6.03. The van der Waals surface area contributed by atoms with Crippen LogP contribution in [0.4, 0.5) is 5.69 Å². The second-order valence-electron chi connectivity index (χ2n) is 6.58. The average molecular weight is 388 g/mol. The van der Waals surface area contributed by atoms with Gasteiger partial charge in [-0.05, 0) is 43.7 Å². The van der Waals surface area contributed by atoms with Crippen LogP contribution in [0.3, 0.4) is 0 Å². The molecular formula is C21H26ClN3O2. The molecule has 0 aromatic heterocycles. The van der Waals surface area contributed by atoms with Crippen LogP contribution < -0.4 is 10.6 Å². The van der Waals surface area contributed by atoms with E-state index >= 15 is 0 Å². The van der Waals surface area contributed by atoms with E-state index in [1.165, 1.54) is 5.56 Å². The van der Waals surface area contributed by atoms with Crippen molar-refractivity contribution in [2.75, 3.05) is 25.5 Å². The monoisotopic (exact) mass is 387 g/mol. The Morgan fingerprint density at radius 1 is 1.04 bits per heavy atom. The van der Waals surface area contributed by atoms with Crippen LogP contribution in [0.5, 0.6) is 0 Å². The van der Waals surface area contributed by atoms with E-state index in [0.717, 1.165) is 12.0 Å². The number of halogens is 1. The third-order valence-electron chi connectivity index (χ3n) is 4.24. The van der Waals surface area contributed by atoms with Gasteiger partial charge in [0.25, 0.3) is 0 Å². The molecule has 0 saturated carbocycles. The maximum atomic E-state index is 12.2. The van der Waals surface area contributed by atoms with Gasteiger partial charge < -0.3 is 10.6 Å². The lowest BCUT2D eigenvalue weighted by atomic mass is 10.1. The van der Waals surface area contributed by atoms with E-state index in [1.54, 1.807) is 36.2 Å². The first-order valence-corrected chi connectivity index (χ1v) is 9.38. The quantitative estimate of drug-likeness (QED) is 0.726. The minimum Gasteiger partial charge on any atom is -0.348 e. The molecule has 0 aliphatic carbocycles. The van der Waals surface area contributed by atoms with Crippen molar-refractivity contribution in [2.24, 2.45) is 0 Å². The summed E-state index contributed by atoms with van der Waals surface area (Å²) in [5.74, 6) is -0.350.